The van der Waals surface area contributed by atoms with Crippen molar-refractivity contribution in [1.29, 1.82) is 0 Å². The average Bonchev–Trinajstić information content (AvgIpc) is 3.21. The molecule has 0 aliphatic rings. The first-order valence-electron chi connectivity index (χ1n) is 9.83. The molecule has 2 aromatic heterocycles. The molecular formula is C25H20N4O. The van der Waals surface area contributed by atoms with Crippen LogP contribution in [-0.2, 0) is 13.6 Å². The summed E-state index contributed by atoms with van der Waals surface area (Å²) in [6.45, 7) is 0.424. The lowest BCUT2D eigenvalue weighted by atomic mass is 9.99. The topological polar surface area (TPSA) is 59.8 Å². The standard InChI is InChI=1S/C25H20N4O/c1-29-16-17(15-27-29)14-26-25(30)22-13-24(28-23-12-5-4-10-21(22)23)20-11-6-8-18-7-2-3-9-19(18)20/h2-13,15-16H,14H2,1H3,(H,26,30). The third-order valence-electron chi connectivity index (χ3n) is 5.24. The molecule has 5 aromatic rings. The molecule has 0 saturated carbocycles. The predicted octanol–water partition coefficient (Wildman–Crippen LogP) is 4.72. The molecule has 0 bridgehead atoms. The number of benzene rings is 3. The second kappa shape index (κ2) is 7.44. The fraction of sp³-hybridized carbons (Fsp3) is 0.0800. The summed E-state index contributed by atoms with van der Waals surface area (Å²) in [5.41, 5.74) is 4.18. The van der Waals surface area contributed by atoms with Crippen LogP contribution in [0.5, 0.6) is 0 Å². The Morgan fingerprint density at radius 1 is 0.967 bits per heavy atom. The van der Waals surface area contributed by atoms with Crippen LogP contribution in [-0.4, -0.2) is 20.7 Å². The molecule has 0 atom stereocenters. The Bertz CT molecular complexity index is 1380. The smallest absolute Gasteiger partial charge is 0.252 e. The van der Waals surface area contributed by atoms with Gasteiger partial charge >= 0.3 is 0 Å². The molecule has 146 valence electrons. The minimum atomic E-state index is -0.126. The molecule has 1 amide bonds. The van der Waals surface area contributed by atoms with Crippen LogP contribution < -0.4 is 5.32 Å². The van der Waals surface area contributed by atoms with E-state index in [0.717, 1.165) is 38.5 Å². The van der Waals surface area contributed by atoms with E-state index in [9.17, 15) is 4.79 Å². The minimum Gasteiger partial charge on any atom is -0.348 e. The lowest BCUT2D eigenvalue weighted by Gasteiger charge is -2.12. The van der Waals surface area contributed by atoms with E-state index in [1.54, 1.807) is 10.9 Å². The first-order valence-corrected chi connectivity index (χ1v) is 9.83. The molecule has 0 radical (unpaired) electrons. The lowest BCUT2D eigenvalue weighted by Crippen LogP contribution is -2.23. The van der Waals surface area contributed by atoms with Crippen molar-refractivity contribution >= 4 is 27.6 Å². The van der Waals surface area contributed by atoms with Crippen molar-refractivity contribution in [2.24, 2.45) is 7.05 Å². The quantitative estimate of drug-likeness (QED) is 0.481. The van der Waals surface area contributed by atoms with Crippen LogP contribution in [0, 0.1) is 0 Å². The number of hydrogen-bond acceptors (Lipinski definition) is 3. The molecular weight excluding hydrogens is 372 g/mol. The Morgan fingerprint density at radius 2 is 1.73 bits per heavy atom. The van der Waals surface area contributed by atoms with E-state index in [1.165, 1.54) is 0 Å². The Kier molecular flexibility index (Phi) is 4.48. The molecule has 0 saturated heterocycles. The van der Waals surface area contributed by atoms with Crippen molar-refractivity contribution in [3.63, 3.8) is 0 Å². The highest BCUT2D eigenvalue weighted by molar-refractivity contribution is 6.08. The molecule has 5 rings (SSSR count). The van der Waals surface area contributed by atoms with Crippen LogP contribution in [0.2, 0.25) is 0 Å². The molecule has 5 heteroatoms. The van der Waals surface area contributed by atoms with Gasteiger partial charge in [0.15, 0.2) is 0 Å². The van der Waals surface area contributed by atoms with E-state index in [4.69, 9.17) is 4.98 Å². The molecule has 1 N–H and O–H groups in total. The fourth-order valence-electron chi connectivity index (χ4n) is 3.79. The highest BCUT2D eigenvalue weighted by Gasteiger charge is 2.15. The summed E-state index contributed by atoms with van der Waals surface area (Å²) < 4.78 is 1.72. The molecule has 0 aliphatic heterocycles. The van der Waals surface area contributed by atoms with Gasteiger partial charge < -0.3 is 5.32 Å². The van der Waals surface area contributed by atoms with Crippen molar-refractivity contribution in [2.75, 3.05) is 0 Å². The van der Waals surface area contributed by atoms with Crippen molar-refractivity contribution in [2.45, 2.75) is 6.54 Å². The summed E-state index contributed by atoms with van der Waals surface area (Å²) in [6.07, 6.45) is 3.65. The Labute approximate surface area is 174 Å². The van der Waals surface area contributed by atoms with Gasteiger partial charge in [0.25, 0.3) is 5.91 Å². The maximum absolute atomic E-state index is 13.1. The van der Waals surface area contributed by atoms with Crippen LogP contribution >= 0.6 is 0 Å². The molecule has 3 aromatic carbocycles. The summed E-state index contributed by atoms with van der Waals surface area (Å²) in [5.74, 6) is -0.126. The fourth-order valence-corrected chi connectivity index (χ4v) is 3.79. The number of aromatic nitrogens is 3. The molecule has 2 heterocycles. The minimum absolute atomic E-state index is 0.126. The van der Waals surface area contributed by atoms with Gasteiger partial charge in [-0.2, -0.15) is 5.10 Å². The number of fused-ring (bicyclic) bond motifs is 2. The monoisotopic (exact) mass is 392 g/mol. The van der Waals surface area contributed by atoms with E-state index < -0.39 is 0 Å². The SMILES string of the molecule is Cn1cc(CNC(=O)c2cc(-c3cccc4ccccc34)nc3ccccc23)cn1. The van der Waals surface area contributed by atoms with Crippen molar-refractivity contribution in [3.8, 4) is 11.3 Å². The number of para-hydroxylation sites is 1. The van der Waals surface area contributed by atoms with Crippen LogP contribution in [0.1, 0.15) is 15.9 Å². The first-order chi connectivity index (χ1) is 14.7. The van der Waals surface area contributed by atoms with E-state index in [2.05, 4.69) is 34.7 Å². The summed E-state index contributed by atoms with van der Waals surface area (Å²) in [4.78, 5) is 18.0. The van der Waals surface area contributed by atoms with Gasteiger partial charge in [-0.05, 0) is 22.9 Å². The number of rotatable bonds is 4. The van der Waals surface area contributed by atoms with Crippen molar-refractivity contribution < 1.29 is 4.79 Å². The van der Waals surface area contributed by atoms with Gasteiger partial charge in [0.2, 0.25) is 0 Å². The summed E-state index contributed by atoms with van der Waals surface area (Å²) in [6, 6.07) is 24.0. The van der Waals surface area contributed by atoms with E-state index in [-0.39, 0.29) is 5.91 Å². The Morgan fingerprint density at radius 3 is 2.57 bits per heavy atom. The third kappa shape index (κ3) is 3.31. The van der Waals surface area contributed by atoms with Crippen LogP contribution in [0.25, 0.3) is 32.9 Å². The summed E-state index contributed by atoms with van der Waals surface area (Å²) >= 11 is 0. The highest BCUT2D eigenvalue weighted by atomic mass is 16.1. The zero-order valence-electron chi connectivity index (χ0n) is 16.5. The lowest BCUT2D eigenvalue weighted by molar-refractivity contribution is 0.0952. The van der Waals surface area contributed by atoms with Gasteiger partial charge in [0.05, 0.1) is 23.0 Å². The van der Waals surface area contributed by atoms with Crippen LogP contribution in [0.15, 0.2) is 85.2 Å². The molecule has 0 aliphatic carbocycles. The van der Waals surface area contributed by atoms with Gasteiger partial charge in [-0.25, -0.2) is 4.98 Å². The second-order valence-electron chi connectivity index (χ2n) is 7.30. The highest BCUT2D eigenvalue weighted by Crippen LogP contribution is 2.30. The largest absolute Gasteiger partial charge is 0.348 e. The number of amides is 1. The van der Waals surface area contributed by atoms with Gasteiger partial charge in [-0.15, -0.1) is 0 Å². The molecule has 0 spiro atoms. The van der Waals surface area contributed by atoms with Crippen molar-refractivity contribution in [3.05, 3.63) is 96.3 Å². The van der Waals surface area contributed by atoms with Gasteiger partial charge in [-0.3, -0.25) is 9.48 Å². The number of aryl methyl sites for hydroxylation is 1. The number of pyridine rings is 1. The summed E-state index contributed by atoms with van der Waals surface area (Å²) in [5, 5.41) is 10.3. The number of hydrogen-bond donors (Lipinski definition) is 1. The first kappa shape index (κ1) is 18.1. The predicted molar refractivity (Wildman–Crippen MR) is 119 cm³/mol. The molecule has 30 heavy (non-hydrogen) atoms. The van der Waals surface area contributed by atoms with E-state index in [0.29, 0.717) is 12.1 Å². The maximum atomic E-state index is 13.1. The van der Waals surface area contributed by atoms with E-state index >= 15 is 0 Å². The Balaban J connectivity index is 1.60. The van der Waals surface area contributed by atoms with E-state index in [1.807, 2.05) is 61.8 Å². The van der Waals surface area contributed by atoms with Crippen LogP contribution in [0.3, 0.4) is 0 Å². The average molecular weight is 392 g/mol. The maximum Gasteiger partial charge on any atom is 0.252 e. The van der Waals surface area contributed by atoms with Crippen molar-refractivity contribution in [1.82, 2.24) is 20.1 Å². The number of carbonyl (C=O) groups is 1. The van der Waals surface area contributed by atoms with Crippen LogP contribution in [0.4, 0.5) is 0 Å². The zero-order valence-corrected chi connectivity index (χ0v) is 16.5. The van der Waals surface area contributed by atoms with Gasteiger partial charge in [0, 0.05) is 36.3 Å². The number of nitrogens with zero attached hydrogens (tertiary/aromatic N) is 3. The van der Waals surface area contributed by atoms with Gasteiger partial charge in [-0.1, -0.05) is 60.7 Å². The van der Waals surface area contributed by atoms with Gasteiger partial charge in [0.1, 0.15) is 0 Å². The Hall–Kier alpha value is -3.99. The molecule has 5 nitrogen and oxygen atoms in total. The number of carbonyl (C=O) groups excluding carboxylic acids is 1. The summed E-state index contributed by atoms with van der Waals surface area (Å²) in [7, 11) is 1.86. The molecule has 0 unspecified atom stereocenters. The molecule has 0 fully saturated rings. The zero-order chi connectivity index (χ0) is 20.5. The second-order valence-corrected chi connectivity index (χ2v) is 7.30. The normalized spacial score (nSPS) is 11.1. The third-order valence-corrected chi connectivity index (χ3v) is 5.24. The number of nitrogens with one attached hydrogen (secondary N) is 1.